The second-order valence-electron chi connectivity index (χ2n) is 6.99. The molecular weight excluding hydrogens is 409 g/mol. The number of carbonyl (C=O) groups excluding carboxylic acids is 1. The van der Waals surface area contributed by atoms with Crippen molar-refractivity contribution in [3.63, 3.8) is 0 Å². The molecule has 3 aromatic rings. The van der Waals surface area contributed by atoms with Crippen LogP contribution in [0.1, 0.15) is 51.8 Å². The molecule has 3 rings (SSSR count). The van der Waals surface area contributed by atoms with Crippen LogP contribution < -0.4 is 5.73 Å². The van der Waals surface area contributed by atoms with Crippen LogP contribution in [0.3, 0.4) is 0 Å². The summed E-state index contributed by atoms with van der Waals surface area (Å²) in [7, 11) is 0. The number of nitrogens with zero attached hydrogens (tertiary/aromatic N) is 1. The molecule has 30 heavy (non-hydrogen) atoms. The number of alkyl halides is 3. The van der Waals surface area contributed by atoms with E-state index in [-0.39, 0.29) is 11.7 Å². The normalized spacial score (nSPS) is 12.1. The lowest BCUT2D eigenvalue weighted by Crippen LogP contribution is -2.03. The lowest BCUT2D eigenvalue weighted by Gasteiger charge is -2.06. The minimum Gasteiger partial charge on any atom is -0.326 e. The van der Waals surface area contributed by atoms with Gasteiger partial charge in [0.1, 0.15) is 5.01 Å². The number of halogens is 3. The Labute approximate surface area is 177 Å². The topological polar surface area (TPSA) is 56.0 Å². The molecule has 0 saturated heterocycles. The fourth-order valence-corrected chi connectivity index (χ4v) is 3.95. The third kappa shape index (κ3) is 5.04. The van der Waals surface area contributed by atoms with E-state index in [1.54, 1.807) is 24.3 Å². The van der Waals surface area contributed by atoms with Crippen molar-refractivity contribution < 1.29 is 18.0 Å². The Balaban J connectivity index is 1.89. The number of rotatable bonds is 6. The third-order valence-corrected chi connectivity index (χ3v) is 5.50. The predicted molar refractivity (Wildman–Crippen MR) is 113 cm³/mol. The summed E-state index contributed by atoms with van der Waals surface area (Å²) < 4.78 is 38.4. The molecule has 0 spiro atoms. The monoisotopic (exact) mass is 429 g/mol. The molecule has 155 valence electrons. The summed E-state index contributed by atoms with van der Waals surface area (Å²) >= 11 is 1.34. The lowest BCUT2D eigenvalue weighted by molar-refractivity contribution is -0.137. The quantitative estimate of drug-likeness (QED) is 0.380. The first-order chi connectivity index (χ1) is 14.2. The van der Waals surface area contributed by atoms with Crippen molar-refractivity contribution >= 4 is 23.2 Å². The Hall–Kier alpha value is -2.77. The van der Waals surface area contributed by atoms with Crippen molar-refractivity contribution in [2.75, 3.05) is 0 Å². The van der Waals surface area contributed by atoms with Crippen molar-refractivity contribution in [3.05, 3.63) is 81.9 Å². The first kappa shape index (κ1) is 21.9. The Morgan fingerprint density at radius 2 is 1.90 bits per heavy atom. The molecule has 0 atom stereocenters. The maximum absolute atomic E-state index is 12.8. The number of ketones is 1. The average molecular weight is 429 g/mol. The van der Waals surface area contributed by atoms with Crippen LogP contribution in [-0.2, 0) is 12.7 Å². The third-order valence-electron chi connectivity index (χ3n) is 4.41. The largest absolute Gasteiger partial charge is 0.416 e. The summed E-state index contributed by atoms with van der Waals surface area (Å²) in [4.78, 5) is 17.9. The summed E-state index contributed by atoms with van der Waals surface area (Å²) in [5.74, 6) is -0.115. The minimum atomic E-state index is -4.38. The molecule has 0 saturated carbocycles. The summed E-state index contributed by atoms with van der Waals surface area (Å²) in [6.07, 6.45) is -1.22. The smallest absolute Gasteiger partial charge is 0.326 e. The van der Waals surface area contributed by atoms with Gasteiger partial charge in [-0.1, -0.05) is 44.2 Å². The Bertz CT molecular complexity index is 1070. The van der Waals surface area contributed by atoms with Crippen LogP contribution in [0.5, 0.6) is 0 Å². The van der Waals surface area contributed by atoms with E-state index in [4.69, 9.17) is 5.73 Å². The number of hydrogen-bond acceptors (Lipinski definition) is 4. The Morgan fingerprint density at radius 1 is 1.20 bits per heavy atom. The number of nitrogens with two attached hydrogens (primary N) is 1. The summed E-state index contributed by atoms with van der Waals surface area (Å²) in [5, 5.41) is 0.608. The van der Waals surface area contributed by atoms with Gasteiger partial charge >= 0.3 is 6.18 Å². The fourth-order valence-electron chi connectivity index (χ4n) is 2.82. The molecule has 1 aromatic heterocycles. The minimum absolute atomic E-state index is 0.0892. The molecule has 1 radical (unpaired) electrons. The number of thiazole rings is 1. The van der Waals surface area contributed by atoms with Crippen LogP contribution >= 0.6 is 11.3 Å². The number of aromatic nitrogens is 1. The zero-order valence-electron chi connectivity index (χ0n) is 16.5. The Morgan fingerprint density at radius 3 is 2.50 bits per heavy atom. The van der Waals surface area contributed by atoms with Gasteiger partial charge in [-0.05, 0) is 41.8 Å². The maximum atomic E-state index is 12.8. The molecule has 0 fully saturated rings. The highest BCUT2D eigenvalue weighted by Crippen LogP contribution is 2.35. The zero-order valence-corrected chi connectivity index (χ0v) is 17.3. The van der Waals surface area contributed by atoms with Crippen molar-refractivity contribution in [2.24, 2.45) is 5.73 Å². The first-order valence-corrected chi connectivity index (χ1v) is 10.1. The zero-order chi connectivity index (χ0) is 21.9. The van der Waals surface area contributed by atoms with Crippen LogP contribution in [0.15, 0.2) is 48.5 Å². The van der Waals surface area contributed by atoms with Crippen molar-refractivity contribution in [1.82, 2.24) is 4.98 Å². The molecule has 1 heterocycles. The van der Waals surface area contributed by atoms with Gasteiger partial charge in [0.25, 0.3) is 0 Å². The van der Waals surface area contributed by atoms with Crippen LogP contribution in [0.4, 0.5) is 13.2 Å². The second kappa shape index (κ2) is 8.93. The molecule has 0 amide bonds. The standard InChI is InChI=1S/C23H20F3N2OS/c1-14(2)21-20(11-10-19(29)17-5-3-4-15(12-17)13-27)30-22(28-21)16-6-8-18(9-7-16)23(24,25)26/h3-11,14H,13,27H2,1-2H3. The molecule has 0 aliphatic rings. The molecular formula is C23H20F3N2OS. The molecule has 2 N–H and O–H groups in total. The van der Waals surface area contributed by atoms with E-state index in [0.29, 0.717) is 22.7 Å². The van der Waals surface area contributed by atoms with Crippen LogP contribution in [0.25, 0.3) is 16.6 Å². The SMILES string of the molecule is CC(C)c1nc(-c2ccc(C(F)(F)F)cc2)sc1C=CC(=O)c1[c]c(CN)ccc1. The van der Waals surface area contributed by atoms with E-state index in [9.17, 15) is 18.0 Å². The molecule has 0 unspecified atom stereocenters. The van der Waals surface area contributed by atoms with Gasteiger partial charge in [0.15, 0.2) is 5.78 Å². The highest BCUT2D eigenvalue weighted by atomic mass is 32.1. The van der Waals surface area contributed by atoms with Crippen molar-refractivity contribution in [1.29, 1.82) is 0 Å². The van der Waals surface area contributed by atoms with Crippen LogP contribution in [0, 0.1) is 6.07 Å². The van der Waals surface area contributed by atoms with Gasteiger partial charge in [-0.25, -0.2) is 4.98 Å². The average Bonchev–Trinajstić information content (AvgIpc) is 3.16. The number of allylic oxidation sites excluding steroid dienone is 1. The number of hydrogen-bond donors (Lipinski definition) is 1. The van der Waals surface area contributed by atoms with Crippen LogP contribution in [-0.4, -0.2) is 10.8 Å². The molecule has 7 heteroatoms. The maximum Gasteiger partial charge on any atom is 0.416 e. The van der Waals surface area contributed by atoms with Gasteiger partial charge in [0, 0.05) is 17.7 Å². The number of carbonyl (C=O) groups is 1. The lowest BCUT2D eigenvalue weighted by atomic mass is 10.1. The highest BCUT2D eigenvalue weighted by Gasteiger charge is 2.30. The second-order valence-corrected chi connectivity index (χ2v) is 8.02. The van der Waals surface area contributed by atoms with E-state index >= 15 is 0 Å². The van der Waals surface area contributed by atoms with Gasteiger partial charge < -0.3 is 5.73 Å². The van der Waals surface area contributed by atoms with E-state index < -0.39 is 11.7 Å². The predicted octanol–water partition coefficient (Wildman–Crippen LogP) is 6.11. The fraction of sp³-hybridized carbons (Fsp3) is 0.217. The highest BCUT2D eigenvalue weighted by molar-refractivity contribution is 7.16. The number of benzene rings is 2. The molecule has 3 nitrogen and oxygen atoms in total. The van der Waals surface area contributed by atoms with Gasteiger partial charge in [0.2, 0.25) is 0 Å². The van der Waals surface area contributed by atoms with Gasteiger partial charge in [-0.15, -0.1) is 11.3 Å². The van der Waals surface area contributed by atoms with Crippen LogP contribution in [0.2, 0.25) is 0 Å². The van der Waals surface area contributed by atoms with E-state index in [1.807, 2.05) is 13.8 Å². The van der Waals surface area contributed by atoms with Gasteiger partial charge in [-0.2, -0.15) is 13.2 Å². The molecule has 0 aliphatic heterocycles. The molecule has 0 aliphatic carbocycles. The van der Waals surface area contributed by atoms with E-state index in [1.165, 1.54) is 29.5 Å². The van der Waals surface area contributed by atoms with Crippen molar-refractivity contribution in [2.45, 2.75) is 32.5 Å². The van der Waals surface area contributed by atoms with Crippen molar-refractivity contribution in [3.8, 4) is 10.6 Å². The Kier molecular flexibility index (Phi) is 6.53. The molecule has 0 bridgehead atoms. The first-order valence-electron chi connectivity index (χ1n) is 9.31. The van der Waals surface area contributed by atoms with E-state index in [2.05, 4.69) is 11.1 Å². The van der Waals surface area contributed by atoms with E-state index in [0.717, 1.165) is 28.3 Å². The molecule has 2 aromatic carbocycles. The summed E-state index contributed by atoms with van der Waals surface area (Å²) in [6.45, 7) is 4.25. The summed E-state index contributed by atoms with van der Waals surface area (Å²) in [5.41, 5.74) is 7.46. The van der Waals surface area contributed by atoms with Gasteiger partial charge in [-0.3, -0.25) is 4.79 Å². The summed E-state index contributed by atoms with van der Waals surface area (Å²) in [6, 6.07) is 13.1. The van der Waals surface area contributed by atoms with Gasteiger partial charge in [0.05, 0.1) is 16.1 Å².